The maximum absolute atomic E-state index is 12.9. The number of carbonyl (C=O) groups excluding carboxylic acids is 1. The van der Waals surface area contributed by atoms with Gasteiger partial charge in [0.05, 0.1) is 0 Å². The number of hydrogen-bond donors (Lipinski definition) is 0. The molecule has 0 spiro atoms. The molecule has 144 valence electrons. The third-order valence-electron chi connectivity index (χ3n) is 5.50. The monoisotopic (exact) mass is 370 g/mol. The van der Waals surface area contributed by atoms with Crippen LogP contribution in [0.1, 0.15) is 51.1 Å². The second kappa shape index (κ2) is 7.80. The number of carbonyl (C=O) groups is 1. The van der Waals surface area contributed by atoms with Gasteiger partial charge in [-0.2, -0.15) is 13.2 Å². The van der Waals surface area contributed by atoms with E-state index in [0.717, 1.165) is 51.1 Å². The van der Waals surface area contributed by atoms with E-state index in [0.29, 0.717) is 19.0 Å². The molecule has 1 aromatic heterocycles. The molecule has 3 rings (SSSR count). The highest BCUT2D eigenvalue weighted by atomic mass is 19.4. The summed E-state index contributed by atoms with van der Waals surface area (Å²) < 4.78 is 38.6. The fraction of sp³-hybridized carbons (Fsp3) is 0.722. The maximum atomic E-state index is 12.9. The van der Waals surface area contributed by atoms with Gasteiger partial charge in [-0.25, -0.2) is 9.97 Å². The van der Waals surface area contributed by atoms with Gasteiger partial charge in [-0.15, -0.1) is 0 Å². The van der Waals surface area contributed by atoms with Gasteiger partial charge < -0.3 is 9.80 Å². The highest BCUT2D eigenvalue weighted by Crippen LogP contribution is 2.32. The van der Waals surface area contributed by atoms with Crippen LogP contribution in [0, 0.1) is 5.92 Å². The Morgan fingerprint density at radius 2 is 1.85 bits per heavy atom. The van der Waals surface area contributed by atoms with E-state index in [1.807, 2.05) is 9.80 Å². The van der Waals surface area contributed by atoms with Crippen LogP contribution in [-0.2, 0) is 11.0 Å². The van der Waals surface area contributed by atoms with Crippen molar-refractivity contribution < 1.29 is 18.0 Å². The lowest BCUT2D eigenvalue weighted by molar-refractivity contribution is -0.141. The predicted molar refractivity (Wildman–Crippen MR) is 91.6 cm³/mol. The van der Waals surface area contributed by atoms with Crippen molar-refractivity contribution in [1.29, 1.82) is 0 Å². The van der Waals surface area contributed by atoms with Crippen molar-refractivity contribution in [2.24, 2.45) is 5.92 Å². The minimum atomic E-state index is -4.46. The zero-order valence-electron chi connectivity index (χ0n) is 15.0. The molecule has 0 bridgehead atoms. The number of rotatable bonds is 2. The molecule has 2 saturated heterocycles. The average Bonchev–Trinajstić information content (AvgIpc) is 2.87. The lowest BCUT2D eigenvalue weighted by Gasteiger charge is -2.40. The van der Waals surface area contributed by atoms with E-state index in [4.69, 9.17) is 0 Å². The summed E-state index contributed by atoms with van der Waals surface area (Å²) >= 11 is 0. The van der Waals surface area contributed by atoms with Crippen molar-refractivity contribution in [2.45, 2.75) is 57.7 Å². The summed E-state index contributed by atoms with van der Waals surface area (Å²) in [4.78, 5) is 23.6. The third kappa shape index (κ3) is 4.27. The normalized spacial score (nSPS) is 23.0. The highest BCUT2D eigenvalue weighted by Gasteiger charge is 2.35. The van der Waals surface area contributed by atoms with Crippen LogP contribution in [0.15, 0.2) is 12.3 Å². The molecule has 0 radical (unpaired) electrons. The SMILES string of the molecule is CC(=O)N1CCCCC[C@H]1C1CCN(c2nccc(C(F)(F)F)n2)CC1. The van der Waals surface area contributed by atoms with E-state index in [1.54, 1.807) is 6.92 Å². The third-order valence-corrected chi connectivity index (χ3v) is 5.50. The summed E-state index contributed by atoms with van der Waals surface area (Å²) in [6.07, 6.45) is 2.74. The van der Waals surface area contributed by atoms with E-state index < -0.39 is 11.9 Å². The Hall–Kier alpha value is -1.86. The van der Waals surface area contributed by atoms with Gasteiger partial charge in [0.1, 0.15) is 5.69 Å². The van der Waals surface area contributed by atoms with Crippen molar-refractivity contribution in [3.05, 3.63) is 18.0 Å². The van der Waals surface area contributed by atoms with Crippen LogP contribution in [0.4, 0.5) is 19.1 Å². The number of likely N-dealkylation sites (tertiary alicyclic amines) is 1. The minimum absolute atomic E-state index is 0.126. The van der Waals surface area contributed by atoms with Crippen LogP contribution in [-0.4, -0.2) is 46.5 Å². The number of piperidine rings is 1. The number of nitrogens with zero attached hydrogens (tertiary/aromatic N) is 4. The fourth-order valence-corrected chi connectivity index (χ4v) is 4.16. The average molecular weight is 370 g/mol. The molecule has 1 atom stereocenters. The predicted octanol–water partition coefficient (Wildman–Crippen LogP) is 3.50. The van der Waals surface area contributed by atoms with Gasteiger partial charge in [0.25, 0.3) is 0 Å². The van der Waals surface area contributed by atoms with Gasteiger partial charge in [0.15, 0.2) is 0 Å². The van der Waals surface area contributed by atoms with Gasteiger partial charge in [0.2, 0.25) is 11.9 Å². The van der Waals surface area contributed by atoms with E-state index in [9.17, 15) is 18.0 Å². The second-order valence-electron chi connectivity index (χ2n) is 7.19. The molecule has 0 aliphatic carbocycles. The number of alkyl halides is 3. The quantitative estimate of drug-likeness (QED) is 0.800. The van der Waals surface area contributed by atoms with Crippen LogP contribution in [0.3, 0.4) is 0 Å². The van der Waals surface area contributed by atoms with Crippen LogP contribution in [0.2, 0.25) is 0 Å². The van der Waals surface area contributed by atoms with E-state index >= 15 is 0 Å². The van der Waals surface area contributed by atoms with Gasteiger partial charge in [-0.05, 0) is 37.7 Å². The number of aromatic nitrogens is 2. The van der Waals surface area contributed by atoms with Gasteiger partial charge in [-0.1, -0.05) is 12.8 Å². The molecular formula is C18H25F3N4O. The maximum Gasteiger partial charge on any atom is 0.433 e. The largest absolute Gasteiger partial charge is 0.433 e. The number of halogens is 3. The zero-order valence-corrected chi connectivity index (χ0v) is 15.0. The standard InChI is InChI=1S/C18H25F3N4O/c1-13(26)25-10-4-2-3-5-15(25)14-7-11-24(12-8-14)17-22-9-6-16(23-17)18(19,20)21/h6,9,14-15H,2-5,7-8,10-12H2,1H3/t15-/m0/s1. The first-order valence-electron chi connectivity index (χ1n) is 9.28. The Bertz CT molecular complexity index is 629. The van der Waals surface area contributed by atoms with Crippen LogP contribution in [0.25, 0.3) is 0 Å². The Morgan fingerprint density at radius 3 is 2.50 bits per heavy atom. The van der Waals surface area contributed by atoms with Crippen molar-refractivity contribution in [3.63, 3.8) is 0 Å². The molecule has 0 aromatic carbocycles. The molecule has 0 unspecified atom stereocenters. The molecule has 26 heavy (non-hydrogen) atoms. The Labute approximate surface area is 151 Å². The van der Waals surface area contributed by atoms with Crippen molar-refractivity contribution in [3.8, 4) is 0 Å². The second-order valence-corrected chi connectivity index (χ2v) is 7.19. The van der Waals surface area contributed by atoms with Gasteiger partial charge in [-0.3, -0.25) is 4.79 Å². The number of amides is 1. The van der Waals surface area contributed by atoms with Gasteiger partial charge in [0, 0.05) is 38.8 Å². The molecule has 2 fully saturated rings. The highest BCUT2D eigenvalue weighted by molar-refractivity contribution is 5.73. The molecule has 1 amide bonds. The lowest BCUT2D eigenvalue weighted by atomic mass is 9.86. The number of anilines is 1. The molecule has 5 nitrogen and oxygen atoms in total. The molecule has 8 heteroatoms. The Kier molecular flexibility index (Phi) is 5.67. The summed E-state index contributed by atoms with van der Waals surface area (Å²) in [5.74, 6) is 0.655. The molecule has 2 aliphatic rings. The molecular weight excluding hydrogens is 345 g/mol. The molecule has 1 aromatic rings. The first kappa shape index (κ1) is 18.9. The van der Waals surface area contributed by atoms with Crippen molar-refractivity contribution in [1.82, 2.24) is 14.9 Å². The first-order chi connectivity index (χ1) is 12.4. The summed E-state index contributed by atoms with van der Waals surface area (Å²) in [5, 5.41) is 0. The number of hydrogen-bond acceptors (Lipinski definition) is 4. The van der Waals surface area contributed by atoms with Crippen LogP contribution >= 0.6 is 0 Å². The smallest absolute Gasteiger partial charge is 0.341 e. The molecule has 0 saturated carbocycles. The van der Waals surface area contributed by atoms with Gasteiger partial charge >= 0.3 is 6.18 Å². The lowest BCUT2D eigenvalue weighted by Crippen LogP contribution is -2.47. The first-order valence-corrected chi connectivity index (χ1v) is 9.28. The van der Waals surface area contributed by atoms with Crippen molar-refractivity contribution in [2.75, 3.05) is 24.5 Å². The van der Waals surface area contributed by atoms with E-state index in [1.165, 1.54) is 6.20 Å². The van der Waals surface area contributed by atoms with Crippen molar-refractivity contribution >= 4 is 11.9 Å². The zero-order chi connectivity index (χ0) is 18.7. The molecule has 2 aliphatic heterocycles. The Balaban J connectivity index is 1.66. The van der Waals surface area contributed by atoms with E-state index in [-0.39, 0.29) is 17.9 Å². The summed E-state index contributed by atoms with van der Waals surface area (Å²) in [5.41, 5.74) is -0.906. The fourth-order valence-electron chi connectivity index (χ4n) is 4.16. The van der Waals surface area contributed by atoms with Crippen LogP contribution in [0.5, 0.6) is 0 Å². The minimum Gasteiger partial charge on any atom is -0.341 e. The Morgan fingerprint density at radius 1 is 1.12 bits per heavy atom. The van der Waals surface area contributed by atoms with E-state index in [2.05, 4.69) is 9.97 Å². The summed E-state index contributed by atoms with van der Waals surface area (Å²) in [7, 11) is 0. The summed E-state index contributed by atoms with van der Waals surface area (Å²) in [6.45, 7) is 3.68. The molecule has 0 N–H and O–H groups in total. The summed E-state index contributed by atoms with van der Waals surface area (Å²) in [6, 6.07) is 1.14. The molecule has 3 heterocycles. The topological polar surface area (TPSA) is 49.3 Å². The van der Waals surface area contributed by atoms with Crippen LogP contribution < -0.4 is 4.90 Å².